The van der Waals surface area contributed by atoms with Crippen LogP contribution in [-0.4, -0.2) is 17.6 Å². The van der Waals surface area contributed by atoms with Crippen LogP contribution in [0.1, 0.15) is 16.8 Å². The number of hydrogen-bond donors (Lipinski definition) is 2. The molecule has 18 heavy (non-hydrogen) atoms. The number of carbonyl (C=O) groups is 1. The van der Waals surface area contributed by atoms with Crippen molar-refractivity contribution < 1.29 is 9.90 Å². The molecular weight excluding hydrogens is 226 g/mol. The summed E-state index contributed by atoms with van der Waals surface area (Å²) in [5.41, 5.74) is 1.71. The minimum atomic E-state index is -0.0853. The van der Waals surface area contributed by atoms with Crippen LogP contribution >= 0.6 is 0 Å². The molecule has 1 amide bonds. The van der Waals surface area contributed by atoms with Gasteiger partial charge in [0.25, 0.3) is 5.91 Å². The summed E-state index contributed by atoms with van der Waals surface area (Å²) in [4.78, 5) is 11.8. The van der Waals surface area contributed by atoms with Gasteiger partial charge in [0, 0.05) is 12.1 Å². The molecule has 2 rings (SSSR count). The van der Waals surface area contributed by atoms with Crippen molar-refractivity contribution in [2.24, 2.45) is 0 Å². The molecule has 0 spiro atoms. The van der Waals surface area contributed by atoms with Gasteiger partial charge in [-0.2, -0.15) is 0 Å². The average Bonchev–Trinajstić information content (AvgIpc) is 2.62. The SMILES string of the molecule is O=C(NCC1=CC=C(O)C=CC1)c1ccccc1. The van der Waals surface area contributed by atoms with Crippen LogP contribution < -0.4 is 5.32 Å². The van der Waals surface area contributed by atoms with E-state index < -0.39 is 0 Å². The van der Waals surface area contributed by atoms with E-state index in [-0.39, 0.29) is 11.7 Å². The lowest BCUT2D eigenvalue weighted by Gasteiger charge is -2.06. The lowest BCUT2D eigenvalue weighted by atomic mass is 10.1. The van der Waals surface area contributed by atoms with E-state index in [0.29, 0.717) is 12.1 Å². The molecule has 0 unspecified atom stereocenters. The van der Waals surface area contributed by atoms with Gasteiger partial charge < -0.3 is 10.4 Å². The number of aliphatic hydroxyl groups is 1. The van der Waals surface area contributed by atoms with Gasteiger partial charge in [-0.3, -0.25) is 4.79 Å². The Balaban J connectivity index is 1.93. The Labute approximate surface area is 106 Å². The summed E-state index contributed by atoms with van der Waals surface area (Å²) in [5, 5.41) is 12.2. The second kappa shape index (κ2) is 5.87. The molecule has 0 saturated carbocycles. The van der Waals surface area contributed by atoms with Gasteiger partial charge in [-0.05, 0) is 36.3 Å². The zero-order chi connectivity index (χ0) is 12.8. The number of rotatable bonds is 3. The predicted octanol–water partition coefficient (Wildman–Crippen LogP) is 2.74. The van der Waals surface area contributed by atoms with Gasteiger partial charge in [0.1, 0.15) is 5.76 Å². The van der Waals surface area contributed by atoms with Gasteiger partial charge in [-0.1, -0.05) is 30.4 Å². The molecule has 0 heterocycles. The fourth-order valence-corrected chi connectivity index (χ4v) is 1.67. The van der Waals surface area contributed by atoms with E-state index in [0.717, 1.165) is 12.0 Å². The van der Waals surface area contributed by atoms with Gasteiger partial charge in [-0.25, -0.2) is 0 Å². The molecule has 2 N–H and O–H groups in total. The van der Waals surface area contributed by atoms with Crippen LogP contribution in [0.25, 0.3) is 0 Å². The molecule has 0 aromatic heterocycles. The first kappa shape index (κ1) is 12.2. The molecule has 3 heteroatoms. The molecule has 92 valence electrons. The molecule has 0 fully saturated rings. The Morgan fingerprint density at radius 2 is 2.00 bits per heavy atom. The smallest absolute Gasteiger partial charge is 0.251 e. The molecule has 1 aliphatic carbocycles. The fraction of sp³-hybridized carbons (Fsp3) is 0.133. The van der Waals surface area contributed by atoms with Crippen LogP contribution in [0.15, 0.2) is 66.0 Å². The predicted molar refractivity (Wildman–Crippen MR) is 71.3 cm³/mol. The Bertz CT molecular complexity index is 513. The van der Waals surface area contributed by atoms with Crippen molar-refractivity contribution in [3.8, 4) is 0 Å². The van der Waals surface area contributed by atoms with Gasteiger partial charge in [0.2, 0.25) is 0 Å². The van der Waals surface area contributed by atoms with Crippen molar-refractivity contribution in [3.05, 3.63) is 71.5 Å². The van der Waals surface area contributed by atoms with Crippen molar-refractivity contribution in [2.45, 2.75) is 6.42 Å². The zero-order valence-electron chi connectivity index (χ0n) is 9.97. The maximum atomic E-state index is 11.8. The fourth-order valence-electron chi connectivity index (χ4n) is 1.67. The van der Waals surface area contributed by atoms with Crippen molar-refractivity contribution in [2.75, 3.05) is 6.54 Å². The minimum absolute atomic E-state index is 0.0853. The monoisotopic (exact) mass is 241 g/mol. The standard InChI is InChI=1S/C15H15NO2/c17-14-8-4-5-12(9-10-14)11-16-15(18)13-6-2-1-3-7-13/h1-4,6-10,17H,5,11H2,(H,16,18). The number of amides is 1. The van der Waals surface area contributed by atoms with E-state index in [1.165, 1.54) is 0 Å². The highest BCUT2D eigenvalue weighted by Crippen LogP contribution is 2.09. The third-order valence-electron chi connectivity index (χ3n) is 2.67. The van der Waals surface area contributed by atoms with Crippen molar-refractivity contribution in [1.29, 1.82) is 0 Å². The van der Waals surface area contributed by atoms with Gasteiger partial charge in [0.15, 0.2) is 0 Å². The van der Waals surface area contributed by atoms with Gasteiger partial charge in [-0.15, -0.1) is 0 Å². The van der Waals surface area contributed by atoms with Gasteiger partial charge in [0.05, 0.1) is 0 Å². The molecule has 0 saturated heterocycles. The normalized spacial score (nSPS) is 14.4. The van der Waals surface area contributed by atoms with Crippen LogP contribution in [0.3, 0.4) is 0 Å². The summed E-state index contributed by atoms with van der Waals surface area (Å²) >= 11 is 0. The highest BCUT2D eigenvalue weighted by atomic mass is 16.3. The van der Waals surface area contributed by atoms with Crippen LogP contribution in [0.4, 0.5) is 0 Å². The molecule has 1 aromatic carbocycles. The summed E-state index contributed by atoms with van der Waals surface area (Å²) in [6, 6.07) is 9.11. The van der Waals surface area contributed by atoms with Gasteiger partial charge >= 0.3 is 0 Å². The van der Waals surface area contributed by atoms with E-state index in [1.54, 1.807) is 24.3 Å². The second-order valence-corrected chi connectivity index (χ2v) is 4.07. The Kier molecular flexibility index (Phi) is 3.97. The highest BCUT2D eigenvalue weighted by Gasteiger charge is 2.05. The molecule has 0 bridgehead atoms. The van der Waals surface area contributed by atoms with E-state index in [4.69, 9.17) is 0 Å². The molecule has 0 atom stereocenters. The van der Waals surface area contributed by atoms with Crippen molar-refractivity contribution in [1.82, 2.24) is 5.32 Å². The average molecular weight is 241 g/mol. The van der Waals surface area contributed by atoms with Crippen molar-refractivity contribution in [3.63, 3.8) is 0 Å². The number of benzene rings is 1. The lowest BCUT2D eigenvalue weighted by Crippen LogP contribution is -2.25. The third kappa shape index (κ3) is 3.35. The van der Waals surface area contributed by atoms with E-state index in [9.17, 15) is 9.90 Å². The maximum Gasteiger partial charge on any atom is 0.251 e. The summed E-state index contributed by atoms with van der Waals surface area (Å²) in [6.45, 7) is 0.488. The number of aliphatic hydroxyl groups excluding tert-OH is 1. The summed E-state index contributed by atoms with van der Waals surface area (Å²) in [7, 11) is 0. The molecule has 0 aliphatic heterocycles. The largest absolute Gasteiger partial charge is 0.508 e. The maximum absolute atomic E-state index is 11.8. The molecule has 0 radical (unpaired) electrons. The molecule has 1 aromatic rings. The Morgan fingerprint density at radius 3 is 2.78 bits per heavy atom. The summed E-state index contributed by atoms with van der Waals surface area (Å²) in [6.07, 6.45) is 7.73. The molecule has 3 nitrogen and oxygen atoms in total. The third-order valence-corrected chi connectivity index (χ3v) is 2.67. The lowest BCUT2D eigenvalue weighted by molar-refractivity contribution is 0.0957. The van der Waals surface area contributed by atoms with Crippen LogP contribution in [-0.2, 0) is 0 Å². The first-order chi connectivity index (χ1) is 8.75. The topological polar surface area (TPSA) is 49.3 Å². The van der Waals surface area contributed by atoms with E-state index >= 15 is 0 Å². The van der Waals surface area contributed by atoms with Crippen LogP contribution in [0.5, 0.6) is 0 Å². The Hall–Kier alpha value is -2.29. The minimum Gasteiger partial charge on any atom is -0.508 e. The van der Waals surface area contributed by atoms with Crippen molar-refractivity contribution >= 4 is 5.91 Å². The first-order valence-electron chi connectivity index (χ1n) is 5.84. The number of hydrogen-bond acceptors (Lipinski definition) is 2. The summed E-state index contributed by atoms with van der Waals surface area (Å²) in [5.74, 6) is 0.150. The molecular formula is C15H15NO2. The quantitative estimate of drug-likeness (QED) is 0.854. The number of allylic oxidation sites excluding steroid dienone is 4. The number of nitrogens with one attached hydrogen (secondary N) is 1. The van der Waals surface area contributed by atoms with E-state index in [2.05, 4.69) is 5.32 Å². The van der Waals surface area contributed by atoms with E-state index in [1.807, 2.05) is 30.4 Å². The zero-order valence-corrected chi connectivity index (χ0v) is 9.97. The summed E-state index contributed by atoms with van der Waals surface area (Å²) < 4.78 is 0. The Morgan fingerprint density at radius 1 is 1.22 bits per heavy atom. The second-order valence-electron chi connectivity index (χ2n) is 4.07. The van der Waals surface area contributed by atoms with Crippen LogP contribution in [0, 0.1) is 0 Å². The molecule has 1 aliphatic rings. The number of carbonyl (C=O) groups excluding carboxylic acids is 1. The highest BCUT2D eigenvalue weighted by molar-refractivity contribution is 5.94. The van der Waals surface area contributed by atoms with Crippen LogP contribution in [0.2, 0.25) is 0 Å². The first-order valence-corrected chi connectivity index (χ1v) is 5.84.